The molecule has 3 aromatic rings. The zero-order valence-corrected chi connectivity index (χ0v) is 16.0. The standard InChI is InChI=1S/C17H18O10S/c1-17(2,19)11(27-28(20,21)22)8-25-16-14-10(6-7-24-14)13(23-3)9-4-5-12(18)26-15(9)16/h4-7,11,19H,8H2,1-3H3,(H,20,21,22). The summed E-state index contributed by atoms with van der Waals surface area (Å²) in [4.78, 5) is 11.7. The van der Waals surface area contributed by atoms with Crippen LogP contribution in [0.5, 0.6) is 11.5 Å². The number of fused-ring (bicyclic) bond motifs is 2. The van der Waals surface area contributed by atoms with Crippen molar-refractivity contribution in [1.82, 2.24) is 0 Å². The quantitative estimate of drug-likeness (QED) is 0.434. The van der Waals surface area contributed by atoms with Gasteiger partial charge in [0.05, 0.1) is 29.7 Å². The number of benzene rings is 1. The third-order valence-corrected chi connectivity index (χ3v) is 4.48. The van der Waals surface area contributed by atoms with Crippen molar-refractivity contribution < 1.29 is 40.6 Å². The van der Waals surface area contributed by atoms with Crippen molar-refractivity contribution in [2.75, 3.05) is 13.7 Å². The monoisotopic (exact) mass is 414 g/mol. The number of rotatable bonds is 7. The summed E-state index contributed by atoms with van der Waals surface area (Å²) in [6, 6.07) is 4.32. The fourth-order valence-corrected chi connectivity index (χ4v) is 3.27. The van der Waals surface area contributed by atoms with Gasteiger partial charge in [0, 0.05) is 6.07 Å². The van der Waals surface area contributed by atoms with Gasteiger partial charge in [0.1, 0.15) is 18.5 Å². The highest BCUT2D eigenvalue weighted by Crippen LogP contribution is 2.42. The Kier molecular flexibility index (Phi) is 5.10. The van der Waals surface area contributed by atoms with E-state index < -0.39 is 34.3 Å². The molecule has 0 radical (unpaired) electrons. The van der Waals surface area contributed by atoms with Crippen molar-refractivity contribution in [2.24, 2.45) is 0 Å². The molecule has 28 heavy (non-hydrogen) atoms. The molecule has 2 heterocycles. The van der Waals surface area contributed by atoms with Crippen LogP contribution < -0.4 is 15.1 Å². The lowest BCUT2D eigenvalue weighted by molar-refractivity contribution is -0.0536. The maximum absolute atomic E-state index is 11.7. The van der Waals surface area contributed by atoms with E-state index in [1.165, 1.54) is 39.4 Å². The lowest BCUT2D eigenvalue weighted by Crippen LogP contribution is -2.43. The molecule has 0 saturated carbocycles. The Labute approximate surface area is 159 Å². The molecule has 0 spiro atoms. The van der Waals surface area contributed by atoms with Gasteiger partial charge in [-0.2, -0.15) is 8.42 Å². The lowest BCUT2D eigenvalue weighted by Gasteiger charge is -2.27. The van der Waals surface area contributed by atoms with Crippen molar-refractivity contribution in [2.45, 2.75) is 25.6 Å². The van der Waals surface area contributed by atoms with Crippen LogP contribution in [0, 0.1) is 0 Å². The number of methoxy groups -OCH3 is 1. The second-order valence-corrected chi connectivity index (χ2v) is 7.55. The van der Waals surface area contributed by atoms with Gasteiger partial charge in [-0.1, -0.05) is 0 Å². The van der Waals surface area contributed by atoms with Crippen LogP contribution in [0.25, 0.3) is 21.9 Å². The van der Waals surface area contributed by atoms with E-state index in [4.69, 9.17) is 22.9 Å². The van der Waals surface area contributed by atoms with Gasteiger partial charge >= 0.3 is 16.0 Å². The van der Waals surface area contributed by atoms with Gasteiger partial charge in [-0.05, 0) is 26.0 Å². The summed E-state index contributed by atoms with van der Waals surface area (Å²) in [6.45, 7) is 2.04. The van der Waals surface area contributed by atoms with Crippen molar-refractivity contribution in [3.63, 3.8) is 0 Å². The molecule has 0 bridgehead atoms. The van der Waals surface area contributed by atoms with Crippen molar-refractivity contribution in [1.29, 1.82) is 0 Å². The number of hydrogen-bond acceptors (Lipinski definition) is 9. The summed E-state index contributed by atoms with van der Waals surface area (Å²) in [5.74, 6) is 0.379. The Bertz CT molecular complexity index is 1170. The van der Waals surface area contributed by atoms with E-state index in [0.717, 1.165) is 0 Å². The molecule has 10 nitrogen and oxygen atoms in total. The predicted molar refractivity (Wildman–Crippen MR) is 97.0 cm³/mol. The summed E-state index contributed by atoms with van der Waals surface area (Å²) in [6.07, 6.45) is -0.0979. The first-order valence-electron chi connectivity index (χ1n) is 8.03. The van der Waals surface area contributed by atoms with E-state index >= 15 is 0 Å². The van der Waals surface area contributed by atoms with Gasteiger partial charge in [-0.3, -0.25) is 4.55 Å². The van der Waals surface area contributed by atoms with Crippen LogP contribution in [0.15, 0.2) is 38.1 Å². The summed E-state index contributed by atoms with van der Waals surface area (Å²) >= 11 is 0. The molecule has 11 heteroatoms. The molecule has 0 aliphatic rings. The Morgan fingerprint density at radius 1 is 1.14 bits per heavy atom. The molecular weight excluding hydrogens is 396 g/mol. The fraction of sp³-hybridized carbons (Fsp3) is 0.353. The highest BCUT2D eigenvalue weighted by atomic mass is 32.3. The Hall–Kier alpha value is -2.60. The van der Waals surface area contributed by atoms with Crippen LogP contribution in [0.2, 0.25) is 0 Å². The van der Waals surface area contributed by atoms with E-state index in [-0.39, 0.29) is 16.9 Å². The van der Waals surface area contributed by atoms with Crippen LogP contribution in [0.3, 0.4) is 0 Å². The number of furan rings is 1. The molecule has 2 aromatic heterocycles. The highest BCUT2D eigenvalue weighted by Gasteiger charge is 2.33. The zero-order valence-electron chi connectivity index (χ0n) is 15.2. The first-order valence-corrected chi connectivity index (χ1v) is 9.39. The second-order valence-electron chi connectivity index (χ2n) is 6.50. The van der Waals surface area contributed by atoms with E-state index in [0.29, 0.717) is 16.5 Å². The zero-order chi connectivity index (χ0) is 20.7. The number of hydrogen-bond donors (Lipinski definition) is 2. The molecule has 0 fully saturated rings. The molecule has 3 rings (SSSR count). The van der Waals surface area contributed by atoms with Crippen molar-refractivity contribution in [3.05, 3.63) is 34.9 Å². The van der Waals surface area contributed by atoms with E-state index in [1.807, 2.05) is 0 Å². The smallest absolute Gasteiger partial charge is 0.397 e. The van der Waals surface area contributed by atoms with Crippen molar-refractivity contribution >= 4 is 32.3 Å². The van der Waals surface area contributed by atoms with Gasteiger partial charge in [0.25, 0.3) is 0 Å². The van der Waals surface area contributed by atoms with E-state index in [9.17, 15) is 18.3 Å². The Balaban J connectivity index is 2.12. The van der Waals surface area contributed by atoms with Crippen LogP contribution in [0.4, 0.5) is 0 Å². The predicted octanol–water partition coefficient (Wildman–Crippen LogP) is 1.89. The first kappa shape index (κ1) is 20.1. The van der Waals surface area contributed by atoms with Crippen LogP contribution in [0.1, 0.15) is 13.8 Å². The topological polar surface area (TPSA) is 146 Å². The van der Waals surface area contributed by atoms with Gasteiger partial charge in [-0.25, -0.2) is 8.98 Å². The summed E-state index contributed by atoms with van der Waals surface area (Å²) in [5, 5.41) is 11.1. The molecule has 0 saturated heterocycles. The summed E-state index contributed by atoms with van der Waals surface area (Å²) < 4.78 is 57.3. The number of ether oxygens (including phenoxy) is 2. The maximum atomic E-state index is 11.7. The molecule has 0 amide bonds. The largest absolute Gasteiger partial charge is 0.495 e. The van der Waals surface area contributed by atoms with Crippen LogP contribution >= 0.6 is 0 Å². The molecular formula is C17H18O10S. The minimum Gasteiger partial charge on any atom is -0.495 e. The van der Waals surface area contributed by atoms with Crippen LogP contribution in [-0.2, 0) is 14.6 Å². The van der Waals surface area contributed by atoms with Gasteiger partial charge < -0.3 is 23.4 Å². The fourth-order valence-electron chi connectivity index (χ4n) is 2.68. The van der Waals surface area contributed by atoms with Gasteiger partial charge in [0.2, 0.25) is 5.75 Å². The third kappa shape index (κ3) is 3.97. The summed E-state index contributed by atoms with van der Waals surface area (Å²) in [7, 11) is -3.42. The first-order chi connectivity index (χ1) is 13.0. The SMILES string of the molecule is COc1c2ccoc2c(OCC(OS(=O)(=O)O)C(C)(C)O)c2oc(=O)ccc12. The highest BCUT2D eigenvalue weighted by molar-refractivity contribution is 7.80. The van der Waals surface area contributed by atoms with E-state index in [1.54, 1.807) is 6.07 Å². The normalized spacial score (nSPS) is 13.8. The average molecular weight is 414 g/mol. The summed E-state index contributed by atoms with van der Waals surface area (Å²) in [5.41, 5.74) is -2.16. The molecule has 0 aliphatic carbocycles. The number of aliphatic hydroxyl groups is 1. The van der Waals surface area contributed by atoms with Crippen molar-refractivity contribution in [3.8, 4) is 11.5 Å². The Morgan fingerprint density at radius 2 is 1.82 bits per heavy atom. The van der Waals surface area contributed by atoms with Gasteiger partial charge in [0.15, 0.2) is 11.2 Å². The van der Waals surface area contributed by atoms with E-state index in [2.05, 4.69) is 4.18 Å². The molecule has 0 aliphatic heterocycles. The minimum absolute atomic E-state index is 0.00755. The van der Waals surface area contributed by atoms with Crippen LogP contribution in [-0.4, -0.2) is 43.5 Å². The van der Waals surface area contributed by atoms with Gasteiger partial charge in [-0.15, -0.1) is 0 Å². The average Bonchev–Trinajstić information content (AvgIpc) is 3.04. The second kappa shape index (κ2) is 7.09. The molecule has 1 aromatic carbocycles. The molecule has 1 unspecified atom stereocenters. The minimum atomic E-state index is -4.86. The molecule has 2 N–H and O–H groups in total. The third-order valence-electron chi connectivity index (χ3n) is 4.01. The maximum Gasteiger partial charge on any atom is 0.397 e. The lowest BCUT2D eigenvalue weighted by atomic mass is 10.0. The Morgan fingerprint density at radius 3 is 2.43 bits per heavy atom. The molecule has 152 valence electrons. The molecule has 1 atom stereocenters.